The molecule has 0 heterocycles. The first-order valence-electron chi connectivity index (χ1n) is 8.26. The second-order valence-corrected chi connectivity index (χ2v) is 6.73. The number of hydrogen-bond acceptors (Lipinski definition) is 5. The van der Waals surface area contributed by atoms with E-state index in [2.05, 4.69) is 5.16 Å². The standard InChI is InChI=1S/C17H22F3NO.HNO2S/c1-12-8-9-15(16(10-12)17(18,19)20)13(2)21-22-11-14-6-4-3-5-7-14;1-4(2)3/h8-10,14H,3-7,11H2,1-2H3;1H/b21-13+;. The van der Waals surface area contributed by atoms with Gasteiger partial charge in [-0.25, -0.2) is 0 Å². The van der Waals surface area contributed by atoms with Crippen molar-refractivity contribution in [2.75, 3.05) is 6.61 Å². The number of nitrogens with one attached hydrogen (secondary N) is 1. The van der Waals surface area contributed by atoms with E-state index in [0.29, 0.717) is 18.1 Å². The number of halogens is 3. The minimum absolute atomic E-state index is 0.0849. The summed E-state index contributed by atoms with van der Waals surface area (Å²) in [6, 6.07) is 4.27. The second-order valence-electron chi connectivity index (χ2n) is 6.26. The van der Waals surface area contributed by atoms with Crippen molar-refractivity contribution in [3.63, 3.8) is 0 Å². The van der Waals surface area contributed by atoms with Gasteiger partial charge in [-0.15, -0.1) is 0 Å². The van der Waals surface area contributed by atoms with Crippen LogP contribution in [0.1, 0.15) is 55.7 Å². The zero-order chi connectivity index (χ0) is 19.7. The van der Waals surface area contributed by atoms with E-state index in [-0.39, 0.29) is 11.3 Å². The average Bonchev–Trinajstić information content (AvgIpc) is 2.54. The minimum atomic E-state index is -4.39. The number of rotatable bonds is 4. The molecular weight excluding hydrogens is 369 g/mol. The van der Waals surface area contributed by atoms with Crippen molar-refractivity contribution in [1.29, 1.82) is 4.78 Å². The van der Waals surface area contributed by atoms with E-state index < -0.39 is 22.2 Å². The molecule has 2 rings (SSSR count). The monoisotopic (exact) mass is 392 g/mol. The summed E-state index contributed by atoms with van der Waals surface area (Å²) in [7, 11) is -2.61. The van der Waals surface area contributed by atoms with Gasteiger partial charge in [0.2, 0.25) is 0 Å². The van der Waals surface area contributed by atoms with Gasteiger partial charge in [0.1, 0.15) is 6.61 Å². The summed E-state index contributed by atoms with van der Waals surface area (Å²) < 4.78 is 62.2. The van der Waals surface area contributed by atoms with Gasteiger partial charge in [0.25, 0.3) is 0 Å². The Kier molecular flexibility index (Phi) is 8.77. The molecule has 0 aliphatic heterocycles. The first kappa shape index (κ1) is 22.1. The highest BCUT2D eigenvalue weighted by Crippen LogP contribution is 2.33. The number of aryl methyl sites for hydroxylation is 1. The zero-order valence-corrected chi connectivity index (χ0v) is 15.6. The third kappa shape index (κ3) is 7.99. The molecule has 5 nitrogen and oxygen atoms in total. The molecule has 0 spiro atoms. The van der Waals surface area contributed by atoms with Crippen molar-refractivity contribution in [3.8, 4) is 0 Å². The summed E-state index contributed by atoms with van der Waals surface area (Å²) in [5, 5.41) is 3.91. The molecule has 1 aromatic carbocycles. The van der Waals surface area contributed by atoms with Crippen LogP contribution in [-0.2, 0) is 21.5 Å². The molecule has 0 atom stereocenters. The van der Waals surface area contributed by atoms with E-state index in [9.17, 15) is 13.2 Å². The van der Waals surface area contributed by atoms with Crippen LogP contribution in [-0.4, -0.2) is 20.7 Å². The van der Waals surface area contributed by atoms with Gasteiger partial charge < -0.3 is 4.84 Å². The molecule has 0 amide bonds. The summed E-state index contributed by atoms with van der Waals surface area (Å²) in [6.07, 6.45) is 1.51. The van der Waals surface area contributed by atoms with Crippen molar-refractivity contribution in [2.24, 2.45) is 11.1 Å². The summed E-state index contributed by atoms with van der Waals surface area (Å²) >= 11 is 0. The summed E-state index contributed by atoms with van der Waals surface area (Å²) in [4.78, 5) is 5.31. The Labute approximate surface area is 152 Å². The maximum atomic E-state index is 13.1. The summed E-state index contributed by atoms with van der Waals surface area (Å²) in [5.74, 6) is 0.477. The fraction of sp³-hybridized carbons (Fsp3) is 0.588. The number of oxime groups is 1. The molecule has 1 fully saturated rings. The van der Waals surface area contributed by atoms with Crippen LogP contribution >= 0.6 is 0 Å². The Balaban J connectivity index is 0.000000765. The quantitative estimate of drug-likeness (QED) is 0.581. The first-order valence-corrected chi connectivity index (χ1v) is 9.34. The van der Waals surface area contributed by atoms with Gasteiger partial charge in [0, 0.05) is 5.56 Å². The van der Waals surface area contributed by atoms with Crippen molar-refractivity contribution in [2.45, 2.75) is 52.1 Å². The van der Waals surface area contributed by atoms with Crippen LogP contribution in [0.4, 0.5) is 13.2 Å². The third-order valence-electron chi connectivity index (χ3n) is 4.11. The number of hydrogen-bond donors (Lipinski definition) is 1. The predicted molar refractivity (Wildman–Crippen MR) is 92.6 cm³/mol. The Morgan fingerprint density at radius 1 is 1.27 bits per heavy atom. The Bertz CT molecular complexity index is 718. The zero-order valence-electron chi connectivity index (χ0n) is 14.8. The topological polar surface area (TPSA) is 79.6 Å². The van der Waals surface area contributed by atoms with Crippen molar-refractivity contribution >= 4 is 16.2 Å². The van der Waals surface area contributed by atoms with E-state index >= 15 is 0 Å². The van der Waals surface area contributed by atoms with E-state index in [1.54, 1.807) is 19.9 Å². The van der Waals surface area contributed by atoms with Gasteiger partial charge in [-0.3, -0.25) is 0 Å². The minimum Gasteiger partial charge on any atom is -0.395 e. The Morgan fingerprint density at radius 2 is 1.85 bits per heavy atom. The van der Waals surface area contributed by atoms with Crippen LogP contribution in [0.5, 0.6) is 0 Å². The third-order valence-corrected chi connectivity index (χ3v) is 4.11. The Hall–Kier alpha value is -1.90. The van der Waals surface area contributed by atoms with Gasteiger partial charge in [-0.05, 0) is 38.7 Å². The predicted octanol–water partition coefficient (Wildman–Crippen LogP) is 4.96. The van der Waals surface area contributed by atoms with Crippen molar-refractivity contribution in [1.82, 2.24) is 0 Å². The summed E-state index contributed by atoms with van der Waals surface area (Å²) in [5.41, 5.74) is 0.270. The Morgan fingerprint density at radius 3 is 2.38 bits per heavy atom. The summed E-state index contributed by atoms with van der Waals surface area (Å²) in [6.45, 7) is 3.69. The molecule has 1 N–H and O–H groups in total. The van der Waals surface area contributed by atoms with Crippen molar-refractivity contribution in [3.05, 3.63) is 34.9 Å². The highest BCUT2D eigenvalue weighted by atomic mass is 32.2. The molecule has 1 aliphatic rings. The highest BCUT2D eigenvalue weighted by molar-refractivity contribution is 7.60. The maximum absolute atomic E-state index is 13.1. The van der Waals surface area contributed by atoms with E-state index in [0.717, 1.165) is 18.9 Å². The van der Waals surface area contributed by atoms with Gasteiger partial charge in [-0.2, -0.15) is 26.4 Å². The van der Waals surface area contributed by atoms with Crippen LogP contribution in [0.15, 0.2) is 23.4 Å². The van der Waals surface area contributed by atoms with Gasteiger partial charge in [0.15, 0.2) is 0 Å². The molecule has 1 aliphatic carbocycles. The molecule has 9 heteroatoms. The van der Waals surface area contributed by atoms with E-state index in [1.807, 2.05) is 0 Å². The van der Waals surface area contributed by atoms with Crippen LogP contribution in [0.25, 0.3) is 0 Å². The van der Waals surface area contributed by atoms with Crippen LogP contribution < -0.4 is 0 Å². The SMILES string of the molecule is C/C(=N\OCC1CCCCC1)c1ccc(C)cc1C(F)(F)F.N=S(=O)=O. The molecule has 146 valence electrons. The molecular formula is C17H23F3N2O3S. The lowest BCUT2D eigenvalue weighted by Crippen LogP contribution is -2.14. The fourth-order valence-corrected chi connectivity index (χ4v) is 2.85. The molecule has 0 radical (unpaired) electrons. The number of alkyl halides is 3. The lowest BCUT2D eigenvalue weighted by Gasteiger charge is -2.20. The van der Waals surface area contributed by atoms with Crippen LogP contribution in [0.3, 0.4) is 0 Å². The molecule has 0 aromatic heterocycles. The fourth-order valence-electron chi connectivity index (χ4n) is 2.85. The number of nitrogens with zero attached hydrogens (tertiary/aromatic N) is 1. The van der Waals surface area contributed by atoms with Gasteiger partial charge in [-0.1, -0.05) is 42.1 Å². The van der Waals surface area contributed by atoms with Crippen LogP contribution in [0.2, 0.25) is 0 Å². The van der Waals surface area contributed by atoms with Gasteiger partial charge in [0.05, 0.1) is 11.3 Å². The van der Waals surface area contributed by atoms with Crippen molar-refractivity contribution < 1.29 is 26.4 Å². The molecule has 0 saturated heterocycles. The normalized spacial score (nSPS) is 15.8. The molecule has 0 bridgehead atoms. The first-order chi connectivity index (χ1) is 12.1. The smallest absolute Gasteiger partial charge is 0.395 e. The van der Waals surface area contributed by atoms with E-state index in [4.69, 9.17) is 18.0 Å². The lowest BCUT2D eigenvalue weighted by atomic mass is 9.90. The lowest BCUT2D eigenvalue weighted by molar-refractivity contribution is -0.137. The molecule has 1 saturated carbocycles. The molecule has 0 unspecified atom stereocenters. The molecule has 1 aromatic rings. The van der Waals surface area contributed by atoms with Crippen LogP contribution in [0, 0.1) is 17.6 Å². The number of benzene rings is 1. The average molecular weight is 392 g/mol. The maximum Gasteiger partial charge on any atom is 0.417 e. The second kappa shape index (κ2) is 10.3. The van der Waals surface area contributed by atoms with E-state index in [1.165, 1.54) is 25.3 Å². The van der Waals surface area contributed by atoms with Gasteiger partial charge >= 0.3 is 16.7 Å². The largest absolute Gasteiger partial charge is 0.417 e. The highest BCUT2D eigenvalue weighted by Gasteiger charge is 2.34. The molecule has 26 heavy (non-hydrogen) atoms.